The Balaban J connectivity index is 4.71. The Morgan fingerprint density at radius 1 is 0.476 bits per heavy atom. The van der Waals surface area contributed by atoms with Crippen molar-refractivity contribution in [1.29, 1.82) is 0 Å². The van der Waals surface area contributed by atoms with Crippen molar-refractivity contribution in [2.45, 2.75) is 270 Å². The Kier molecular flexibility index (Phi) is 48.1. The van der Waals surface area contributed by atoms with E-state index in [0.29, 0.717) is 19.3 Å². The van der Waals surface area contributed by atoms with Gasteiger partial charge in [0.15, 0.2) is 0 Å². The summed E-state index contributed by atoms with van der Waals surface area (Å²) >= 11 is 0. The van der Waals surface area contributed by atoms with Gasteiger partial charge in [-0.2, -0.15) is 0 Å². The molecular formula is C57H101NO5. The molecule has 0 saturated carbocycles. The molecule has 1 amide bonds. The number of rotatable bonds is 47. The molecule has 6 nitrogen and oxygen atoms in total. The molecule has 0 aliphatic rings. The average molecular weight is 880 g/mol. The summed E-state index contributed by atoms with van der Waals surface area (Å²) < 4.78 is 5.91. The van der Waals surface area contributed by atoms with E-state index in [2.05, 4.69) is 99.0 Å². The van der Waals surface area contributed by atoms with Crippen LogP contribution >= 0.6 is 0 Å². The van der Waals surface area contributed by atoms with E-state index in [4.69, 9.17) is 4.74 Å². The fourth-order valence-electron chi connectivity index (χ4n) is 7.75. The van der Waals surface area contributed by atoms with Crippen molar-refractivity contribution in [3.63, 3.8) is 0 Å². The summed E-state index contributed by atoms with van der Waals surface area (Å²) in [6.07, 6.45) is 63.9. The highest BCUT2D eigenvalue weighted by Crippen LogP contribution is 2.17. The molecule has 0 heterocycles. The first-order valence-electron chi connectivity index (χ1n) is 26.7. The third kappa shape index (κ3) is 45.7. The predicted octanol–water partition coefficient (Wildman–Crippen LogP) is 16.2. The molecule has 63 heavy (non-hydrogen) atoms. The van der Waals surface area contributed by atoms with Crippen LogP contribution in [0.3, 0.4) is 0 Å². The van der Waals surface area contributed by atoms with Gasteiger partial charge in [0.2, 0.25) is 5.91 Å². The zero-order valence-electron chi connectivity index (χ0n) is 41.4. The van der Waals surface area contributed by atoms with Crippen molar-refractivity contribution in [3.8, 4) is 0 Å². The Labute approximate surface area is 390 Å². The zero-order valence-corrected chi connectivity index (χ0v) is 41.4. The van der Waals surface area contributed by atoms with E-state index in [1.165, 1.54) is 116 Å². The first-order chi connectivity index (χ1) is 31.0. The molecule has 0 bridgehead atoms. The number of aliphatic hydroxyl groups excluding tert-OH is 2. The maximum absolute atomic E-state index is 13.2. The highest BCUT2D eigenvalue weighted by molar-refractivity contribution is 5.77. The summed E-state index contributed by atoms with van der Waals surface area (Å²) in [5.74, 6) is -0.539. The summed E-state index contributed by atoms with van der Waals surface area (Å²) in [7, 11) is 0. The zero-order chi connectivity index (χ0) is 45.9. The van der Waals surface area contributed by atoms with Crippen LogP contribution in [-0.4, -0.2) is 46.9 Å². The van der Waals surface area contributed by atoms with E-state index in [9.17, 15) is 19.8 Å². The standard InChI is InChI=1S/C57H101NO5/c1-4-7-10-13-16-19-22-24-26-28-29-31-34-36-39-42-45-48-53(63-57(62)50-47-44-41-38-35-32-30-27-25-23-20-17-14-11-8-5-2)51-56(61)58-54(52-59)55(60)49-46-43-40-37-33-21-18-15-12-9-6-3/h7,10,16,19,24,26-27,29-31,36,39,53-55,59-60H,4-6,8-9,11-15,17-18,20-23,25,28,32-35,37-38,40-52H2,1-3H3,(H,58,61)/b10-7-,19-16-,26-24-,30-27+,31-29-,39-36-. The van der Waals surface area contributed by atoms with Crippen molar-refractivity contribution >= 4 is 11.9 Å². The maximum Gasteiger partial charge on any atom is 0.306 e. The van der Waals surface area contributed by atoms with Crippen LogP contribution in [0.5, 0.6) is 0 Å². The van der Waals surface area contributed by atoms with Crippen molar-refractivity contribution in [1.82, 2.24) is 5.32 Å². The van der Waals surface area contributed by atoms with Crippen LogP contribution < -0.4 is 5.32 Å². The lowest BCUT2D eigenvalue weighted by atomic mass is 10.0. The Morgan fingerprint density at radius 2 is 0.873 bits per heavy atom. The number of hydrogen-bond donors (Lipinski definition) is 3. The molecule has 0 aromatic carbocycles. The quantitative estimate of drug-likeness (QED) is 0.0321. The van der Waals surface area contributed by atoms with Gasteiger partial charge in [0.25, 0.3) is 0 Å². The number of carbonyl (C=O) groups is 2. The Bertz CT molecular complexity index is 1170. The fraction of sp³-hybridized carbons (Fsp3) is 0.754. The third-order valence-corrected chi connectivity index (χ3v) is 11.8. The minimum Gasteiger partial charge on any atom is -0.462 e. The molecular weight excluding hydrogens is 779 g/mol. The van der Waals surface area contributed by atoms with Gasteiger partial charge in [0, 0.05) is 6.42 Å². The molecule has 3 unspecified atom stereocenters. The topological polar surface area (TPSA) is 95.9 Å². The molecule has 0 aromatic heterocycles. The number of unbranched alkanes of at least 4 members (excludes halogenated alkanes) is 23. The fourth-order valence-corrected chi connectivity index (χ4v) is 7.75. The second-order valence-electron chi connectivity index (χ2n) is 17.9. The lowest BCUT2D eigenvalue weighted by Crippen LogP contribution is -2.46. The normalized spacial score (nSPS) is 13.8. The average Bonchev–Trinajstić information content (AvgIpc) is 3.28. The largest absolute Gasteiger partial charge is 0.462 e. The molecule has 3 atom stereocenters. The van der Waals surface area contributed by atoms with E-state index >= 15 is 0 Å². The van der Waals surface area contributed by atoms with Crippen LogP contribution in [0.25, 0.3) is 0 Å². The summed E-state index contributed by atoms with van der Waals surface area (Å²) in [6, 6.07) is -0.723. The molecule has 0 spiro atoms. The van der Waals surface area contributed by atoms with Gasteiger partial charge in [0.05, 0.1) is 25.2 Å². The van der Waals surface area contributed by atoms with Gasteiger partial charge < -0.3 is 20.3 Å². The van der Waals surface area contributed by atoms with E-state index < -0.39 is 18.2 Å². The monoisotopic (exact) mass is 880 g/mol. The van der Waals surface area contributed by atoms with E-state index in [-0.39, 0.29) is 24.9 Å². The molecule has 0 aliphatic heterocycles. The third-order valence-electron chi connectivity index (χ3n) is 11.8. The molecule has 6 heteroatoms. The van der Waals surface area contributed by atoms with Gasteiger partial charge in [-0.05, 0) is 89.9 Å². The Morgan fingerprint density at radius 3 is 1.35 bits per heavy atom. The first kappa shape index (κ1) is 60.3. The van der Waals surface area contributed by atoms with E-state index in [1.807, 2.05) is 0 Å². The van der Waals surface area contributed by atoms with Gasteiger partial charge >= 0.3 is 5.97 Å². The van der Waals surface area contributed by atoms with Crippen LogP contribution in [0.4, 0.5) is 0 Å². The summed E-state index contributed by atoms with van der Waals surface area (Å²) in [5.41, 5.74) is 0. The number of carbonyl (C=O) groups excluding carboxylic acids is 2. The molecule has 0 saturated heterocycles. The number of ether oxygens (including phenoxy) is 1. The minimum atomic E-state index is -0.806. The van der Waals surface area contributed by atoms with E-state index in [1.54, 1.807) is 0 Å². The number of amides is 1. The lowest BCUT2D eigenvalue weighted by molar-refractivity contribution is -0.151. The second-order valence-corrected chi connectivity index (χ2v) is 17.9. The maximum atomic E-state index is 13.2. The van der Waals surface area contributed by atoms with E-state index in [0.717, 1.165) is 89.9 Å². The minimum absolute atomic E-state index is 0.0333. The number of esters is 1. The highest BCUT2D eigenvalue weighted by atomic mass is 16.5. The SMILES string of the molecule is CC/C=C\C/C=C\C/C=C\C/C=C\C/C=C\CCCC(CC(=O)NC(CO)C(O)CCCCCCCCCCCCC)OC(=O)CCCCCCC/C=C/CCCCCCCCC. The predicted molar refractivity (Wildman–Crippen MR) is 273 cm³/mol. The molecule has 0 radical (unpaired) electrons. The Hall–Kier alpha value is -2.70. The van der Waals surface area contributed by atoms with Crippen LogP contribution in [0.1, 0.15) is 252 Å². The van der Waals surface area contributed by atoms with Crippen LogP contribution in [-0.2, 0) is 14.3 Å². The van der Waals surface area contributed by atoms with Crippen molar-refractivity contribution in [2.75, 3.05) is 6.61 Å². The van der Waals surface area contributed by atoms with Crippen LogP contribution in [0.15, 0.2) is 72.9 Å². The first-order valence-corrected chi connectivity index (χ1v) is 26.7. The van der Waals surface area contributed by atoms with Crippen molar-refractivity contribution in [3.05, 3.63) is 72.9 Å². The smallest absolute Gasteiger partial charge is 0.306 e. The molecule has 3 N–H and O–H groups in total. The van der Waals surface area contributed by atoms with Crippen molar-refractivity contribution < 1.29 is 24.5 Å². The molecule has 0 aliphatic carbocycles. The summed E-state index contributed by atoms with van der Waals surface area (Å²) in [4.78, 5) is 26.2. The number of allylic oxidation sites excluding steroid dienone is 12. The number of hydrogen-bond acceptors (Lipinski definition) is 5. The van der Waals surface area contributed by atoms with Gasteiger partial charge in [-0.15, -0.1) is 0 Å². The second kappa shape index (κ2) is 50.3. The van der Waals surface area contributed by atoms with Crippen LogP contribution in [0.2, 0.25) is 0 Å². The summed E-state index contributed by atoms with van der Waals surface area (Å²) in [6.45, 7) is 6.35. The van der Waals surface area contributed by atoms with Gasteiger partial charge in [0.1, 0.15) is 6.10 Å². The van der Waals surface area contributed by atoms with Crippen molar-refractivity contribution in [2.24, 2.45) is 0 Å². The summed E-state index contributed by atoms with van der Waals surface area (Å²) in [5, 5.41) is 23.7. The van der Waals surface area contributed by atoms with Gasteiger partial charge in [-0.25, -0.2) is 0 Å². The van der Waals surface area contributed by atoms with Gasteiger partial charge in [-0.1, -0.05) is 222 Å². The molecule has 0 aromatic rings. The van der Waals surface area contributed by atoms with Crippen LogP contribution in [0, 0.1) is 0 Å². The molecule has 364 valence electrons. The molecule has 0 fully saturated rings. The lowest BCUT2D eigenvalue weighted by Gasteiger charge is -2.24. The highest BCUT2D eigenvalue weighted by Gasteiger charge is 2.24. The number of aliphatic hydroxyl groups is 2. The van der Waals surface area contributed by atoms with Gasteiger partial charge in [-0.3, -0.25) is 9.59 Å². The number of nitrogens with one attached hydrogen (secondary N) is 1. The molecule has 0 rings (SSSR count).